The molecule has 1 nitrogen and oxygen atoms in total. The van der Waals surface area contributed by atoms with E-state index in [1.165, 1.54) is 17.5 Å². The average Bonchev–Trinajstić information content (AvgIpc) is 3.20. The first-order valence-electron chi connectivity index (χ1n) is 6.41. The van der Waals surface area contributed by atoms with Crippen molar-refractivity contribution in [3.05, 3.63) is 71.3 Å². The first-order valence-corrected chi connectivity index (χ1v) is 6.41. The summed E-state index contributed by atoms with van der Waals surface area (Å²) in [5.74, 6) is 1.43. The van der Waals surface area contributed by atoms with E-state index in [9.17, 15) is 4.79 Å². The summed E-state index contributed by atoms with van der Waals surface area (Å²) in [6.07, 6.45) is 1.23. The molecule has 1 aliphatic rings. The first-order chi connectivity index (χ1) is 8.75. The fourth-order valence-corrected chi connectivity index (χ4v) is 2.60. The standard InChI is InChI=1S/C17H16O/c1-12(18)13-7-9-15(10-8-13)17-11-16(17)14-5-3-2-4-6-14/h2-10,16-17H,11H2,1H3/t16-,17+/m1/s1. The first kappa shape index (κ1) is 11.2. The number of Topliss-reactive ketones (excluding diaryl/α,β-unsaturated/α-hetero) is 1. The zero-order valence-electron chi connectivity index (χ0n) is 10.5. The van der Waals surface area contributed by atoms with Gasteiger partial charge in [0, 0.05) is 5.56 Å². The third-order valence-corrected chi connectivity index (χ3v) is 3.76. The van der Waals surface area contributed by atoms with Crippen molar-refractivity contribution >= 4 is 5.78 Å². The number of ketones is 1. The minimum absolute atomic E-state index is 0.136. The van der Waals surface area contributed by atoms with Crippen molar-refractivity contribution in [3.8, 4) is 0 Å². The molecule has 1 heteroatoms. The predicted octanol–water partition coefficient (Wildman–Crippen LogP) is 4.16. The Kier molecular flexibility index (Phi) is 2.75. The van der Waals surface area contributed by atoms with Crippen LogP contribution in [-0.4, -0.2) is 5.78 Å². The Balaban J connectivity index is 1.77. The van der Waals surface area contributed by atoms with Gasteiger partial charge in [-0.05, 0) is 36.3 Å². The molecular formula is C17H16O. The van der Waals surface area contributed by atoms with E-state index >= 15 is 0 Å². The van der Waals surface area contributed by atoms with Gasteiger partial charge in [-0.15, -0.1) is 0 Å². The maximum absolute atomic E-state index is 11.2. The molecule has 0 aliphatic heterocycles. The fraction of sp³-hybridized carbons (Fsp3) is 0.235. The lowest BCUT2D eigenvalue weighted by molar-refractivity contribution is 0.101. The molecule has 0 amide bonds. The minimum atomic E-state index is 0.136. The van der Waals surface area contributed by atoms with E-state index in [-0.39, 0.29) is 5.78 Å². The van der Waals surface area contributed by atoms with Gasteiger partial charge >= 0.3 is 0 Å². The molecule has 0 N–H and O–H groups in total. The Morgan fingerprint density at radius 3 is 2.00 bits per heavy atom. The number of benzene rings is 2. The smallest absolute Gasteiger partial charge is 0.159 e. The lowest BCUT2D eigenvalue weighted by Gasteiger charge is -2.02. The fourth-order valence-electron chi connectivity index (χ4n) is 2.60. The predicted molar refractivity (Wildman–Crippen MR) is 73.0 cm³/mol. The molecule has 2 aromatic rings. The van der Waals surface area contributed by atoms with Crippen molar-refractivity contribution < 1.29 is 4.79 Å². The SMILES string of the molecule is CC(=O)c1ccc([C@@H]2C[C@@H]2c2ccccc2)cc1. The van der Waals surface area contributed by atoms with Gasteiger partial charge in [0.25, 0.3) is 0 Å². The zero-order valence-corrected chi connectivity index (χ0v) is 10.5. The second-order valence-corrected chi connectivity index (χ2v) is 5.04. The third-order valence-electron chi connectivity index (χ3n) is 3.76. The molecule has 0 heterocycles. The molecular weight excluding hydrogens is 220 g/mol. The highest BCUT2D eigenvalue weighted by molar-refractivity contribution is 5.94. The normalized spacial score (nSPS) is 21.6. The number of hydrogen-bond acceptors (Lipinski definition) is 1. The molecule has 0 spiro atoms. The van der Waals surface area contributed by atoms with Crippen molar-refractivity contribution in [2.45, 2.75) is 25.2 Å². The average molecular weight is 236 g/mol. The molecule has 0 unspecified atom stereocenters. The van der Waals surface area contributed by atoms with E-state index < -0.39 is 0 Å². The topological polar surface area (TPSA) is 17.1 Å². The largest absolute Gasteiger partial charge is 0.295 e. The highest BCUT2D eigenvalue weighted by atomic mass is 16.1. The van der Waals surface area contributed by atoms with Crippen molar-refractivity contribution in [1.29, 1.82) is 0 Å². The second-order valence-electron chi connectivity index (χ2n) is 5.04. The summed E-state index contributed by atoms with van der Waals surface area (Å²) in [5, 5.41) is 0. The molecule has 0 radical (unpaired) electrons. The Bertz CT molecular complexity index is 554. The highest BCUT2D eigenvalue weighted by Crippen LogP contribution is 2.54. The molecule has 0 saturated heterocycles. The van der Waals surface area contributed by atoms with Crippen molar-refractivity contribution in [2.75, 3.05) is 0 Å². The zero-order chi connectivity index (χ0) is 12.5. The van der Waals surface area contributed by atoms with Gasteiger partial charge in [0.1, 0.15) is 0 Å². The van der Waals surface area contributed by atoms with Gasteiger partial charge in [-0.1, -0.05) is 54.6 Å². The molecule has 0 bridgehead atoms. The Morgan fingerprint density at radius 2 is 1.44 bits per heavy atom. The van der Waals surface area contributed by atoms with Crippen LogP contribution in [0, 0.1) is 0 Å². The summed E-state index contributed by atoms with van der Waals surface area (Å²) in [6, 6.07) is 18.8. The van der Waals surface area contributed by atoms with Crippen LogP contribution in [0.25, 0.3) is 0 Å². The van der Waals surface area contributed by atoms with Crippen LogP contribution in [0.3, 0.4) is 0 Å². The Labute approximate surface area is 107 Å². The van der Waals surface area contributed by atoms with Crippen LogP contribution in [0.4, 0.5) is 0 Å². The van der Waals surface area contributed by atoms with Crippen LogP contribution in [0.1, 0.15) is 46.7 Å². The molecule has 2 aromatic carbocycles. The van der Waals surface area contributed by atoms with Gasteiger partial charge in [0.2, 0.25) is 0 Å². The van der Waals surface area contributed by atoms with Crippen molar-refractivity contribution in [2.24, 2.45) is 0 Å². The summed E-state index contributed by atoms with van der Waals surface area (Å²) in [6.45, 7) is 1.61. The second kappa shape index (κ2) is 4.41. The van der Waals surface area contributed by atoms with Crippen LogP contribution >= 0.6 is 0 Å². The van der Waals surface area contributed by atoms with Crippen LogP contribution in [0.15, 0.2) is 54.6 Å². The lowest BCUT2D eigenvalue weighted by atomic mass is 10.0. The summed E-state index contributed by atoms with van der Waals surface area (Å²) in [4.78, 5) is 11.2. The quantitative estimate of drug-likeness (QED) is 0.731. The van der Waals surface area contributed by atoms with Crippen molar-refractivity contribution in [3.63, 3.8) is 0 Å². The minimum Gasteiger partial charge on any atom is -0.295 e. The van der Waals surface area contributed by atoms with E-state index in [0.717, 1.165) is 5.56 Å². The van der Waals surface area contributed by atoms with Crippen LogP contribution in [0.5, 0.6) is 0 Å². The highest BCUT2D eigenvalue weighted by Gasteiger charge is 2.39. The van der Waals surface area contributed by atoms with E-state index in [2.05, 4.69) is 42.5 Å². The van der Waals surface area contributed by atoms with Gasteiger partial charge < -0.3 is 0 Å². The molecule has 2 atom stereocenters. The maximum Gasteiger partial charge on any atom is 0.159 e. The van der Waals surface area contributed by atoms with Gasteiger partial charge in [0.15, 0.2) is 5.78 Å². The molecule has 3 rings (SSSR count). The molecule has 1 fully saturated rings. The third kappa shape index (κ3) is 2.08. The van der Waals surface area contributed by atoms with Crippen LogP contribution in [-0.2, 0) is 0 Å². The number of carbonyl (C=O) groups excluding carboxylic acids is 1. The molecule has 18 heavy (non-hydrogen) atoms. The number of rotatable bonds is 3. The van der Waals surface area contributed by atoms with E-state index in [4.69, 9.17) is 0 Å². The van der Waals surface area contributed by atoms with Gasteiger partial charge in [-0.3, -0.25) is 4.79 Å². The summed E-state index contributed by atoms with van der Waals surface area (Å²) in [5.41, 5.74) is 3.59. The lowest BCUT2D eigenvalue weighted by Crippen LogP contribution is -1.92. The van der Waals surface area contributed by atoms with E-state index in [1.54, 1.807) is 6.92 Å². The maximum atomic E-state index is 11.2. The van der Waals surface area contributed by atoms with Crippen LogP contribution < -0.4 is 0 Å². The monoisotopic (exact) mass is 236 g/mol. The summed E-state index contributed by atoms with van der Waals surface area (Å²) in [7, 11) is 0. The van der Waals surface area contributed by atoms with Gasteiger partial charge in [0.05, 0.1) is 0 Å². The number of hydrogen-bond donors (Lipinski definition) is 0. The number of carbonyl (C=O) groups is 1. The summed E-state index contributed by atoms with van der Waals surface area (Å²) < 4.78 is 0. The van der Waals surface area contributed by atoms with E-state index in [1.807, 2.05) is 12.1 Å². The van der Waals surface area contributed by atoms with Crippen molar-refractivity contribution in [1.82, 2.24) is 0 Å². The Hall–Kier alpha value is -1.89. The van der Waals surface area contributed by atoms with Gasteiger partial charge in [-0.2, -0.15) is 0 Å². The molecule has 0 aromatic heterocycles. The van der Waals surface area contributed by atoms with Gasteiger partial charge in [-0.25, -0.2) is 0 Å². The molecule has 1 saturated carbocycles. The molecule has 1 aliphatic carbocycles. The van der Waals surface area contributed by atoms with Crippen LogP contribution in [0.2, 0.25) is 0 Å². The van der Waals surface area contributed by atoms with E-state index in [0.29, 0.717) is 11.8 Å². The molecule has 90 valence electrons. The summed E-state index contributed by atoms with van der Waals surface area (Å²) >= 11 is 0. The Morgan fingerprint density at radius 1 is 0.889 bits per heavy atom.